The van der Waals surface area contributed by atoms with E-state index in [0.29, 0.717) is 51.3 Å². The number of carboxylic acids is 1. The van der Waals surface area contributed by atoms with Crippen LogP contribution in [0.25, 0.3) is 0 Å². The van der Waals surface area contributed by atoms with Crippen LogP contribution in [0.4, 0.5) is 18.9 Å². The molecule has 1 aliphatic heterocycles. The van der Waals surface area contributed by atoms with Crippen molar-refractivity contribution in [1.82, 2.24) is 9.80 Å². The van der Waals surface area contributed by atoms with Crippen molar-refractivity contribution in [2.45, 2.75) is 32.0 Å². The fraction of sp³-hybridized carbons (Fsp3) is 0.406. The van der Waals surface area contributed by atoms with Gasteiger partial charge in [0.1, 0.15) is 5.75 Å². The molecule has 10 heteroatoms. The van der Waals surface area contributed by atoms with Gasteiger partial charge in [0.15, 0.2) is 0 Å². The van der Waals surface area contributed by atoms with Gasteiger partial charge in [0, 0.05) is 57.6 Å². The molecule has 0 amide bonds. The van der Waals surface area contributed by atoms with E-state index in [1.165, 1.54) is 6.07 Å². The number of alkyl halides is 3. The molecule has 0 aliphatic carbocycles. The lowest BCUT2D eigenvalue weighted by molar-refractivity contribution is -0.139. The minimum absolute atomic E-state index is 0.0537. The van der Waals surface area contributed by atoms with Gasteiger partial charge < -0.3 is 14.7 Å². The first kappa shape index (κ1) is 31.7. The fourth-order valence-electron chi connectivity index (χ4n) is 5.27. The highest BCUT2D eigenvalue weighted by Crippen LogP contribution is 2.36. The maximum atomic E-state index is 13.5. The average Bonchev–Trinajstić information content (AvgIpc) is 2.96. The van der Waals surface area contributed by atoms with E-state index >= 15 is 0 Å². The van der Waals surface area contributed by atoms with Crippen molar-refractivity contribution in [2.75, 3.05) is 57.3 Å². The minimum Gasteiger partial charge on any atom is -0.493 e. The Hall–Kier alpha value is -3.27. The Kier molecular flexibility index (Phi) is 11.1. The second-order valence-corrected chi connectivity index (χ2v) is 11.1. The Balaban J connectivity index is 1.36. The van der Waals surface area contributed by atoms with Crippen LogP contribution < -0.4 is 9.64 Å². The molecular weight excluding hydrogens is 567 g/mol. The third-order valence-electron chi connectivity index (χ3n) is 7.48. The number of carbonyl (C=O) groups is 1. The fourth-order valence-corrected chi connectivity index (χ4v) is 5.57. The van der Waals surface area contributed by atoms with E-state index in [1.54, 1.807) is 6.07 Å². The van der Waals surface area contributed by atoms with Gasteiger partial charge in [-0.25, -0.2) is 0 Å². The maximum Gasteiger partial charge on any atom is 0.417 e. The molecule has 0 saturated carbocycles. The maximum absolute atomic E-state index is 13.5. The molecule has 6 nitrogen and oxygen atoms in total. The standard InChI is InChI=1S/C32H37ClF3N3O3/c1-24(25-8-3-2-4-9-25)21-38(22-26-10-5-13-29(31(26)33)32(34,35)36)14-7-19-42-28-12-6-11-27(20-28)39-17-15-37(16-18-39)23-30(40)41/h2-6,8-13,20,24H,7,14-19,21-23H2,1H3,(H,40,41)/t24-/m1/s1. The summed E-state index contributed by atoms with van der Waals surface area (Å²) in [6, 6.07) is 22.0. The number of benzene rings is 3. The second kappa shape index (κ2) is 14.8. The molecule has 1 atom stereocenters. The normalized spacial score (nSPS) is 15.1. The summed E-state index contributed by atoms with van der Waals surface area (Å²) in [6.45, 7) is 7.03. The van der Waals surface area contributed by atoms with E-state index in [-0.39, 0.29) is 17.5 Å². The molecule has 3 aromatic rings. The van der Waals surface area contributed by atoms with Gasteiger partial charge in [0.25, 0.3) is 0 Å². The van der Waals surface area contributed by atoms with Crippen LogP contribution >= 0.6 is 11.6 Å². The third-order valence-corrected chi connectivity index (χ3v) is 7.93. The number of hydrogen-bond acceptors (Lipinski definition) is 5. The summed E-state index contributed by atoms with van der Waals surface area (Å²) in [7, 11) is 0. The molecule has 0 aromatic heterocycles. The number of anilines is 1. The number of ether oxygens (including phenoxy) is 1. The smallest absolute Gasteiger partial charge is 0.417 e. The highest BCUT2D eigenvalue weighted by molar-refractivity contribution is 6.32. The molecule has 0 unspecified atom stereocenters. The summed E-state index contributed by atoms with van der Waals surface area (Å²) in [5.41, 5.74) is 1.82. The van der Waals surface area contributed by atoms with E-state index < -0.39 is 17.7 Å². The molecule has 3 aromatic carbocycles. The van der Waals surface area contributed by atoms with Gasteiger partial charge in [0.2, 0.25) is 0 Å². The van der Waals surface area contributed by atoms with Gasteiger partial charge in [-0.1, -0.05) is 67.1 Å². The monoisotopic (exact) mass is 603 g/mol. The highest BCUT2D eigenvalue weighted by Gasteiger charge is 2.34. The number of rotatable bonds is 13. The van der Waals surface area contributed by atoms with E-state index in [9.17, 15) is 18.0 Å². The SMILES string of the molecule is C[C@H](CN(CCCOc1cccc(N2CCN(CC(=O)O)CC2)c1)Cc1cccc(C(F)(F)F)c1Cl)c1ccccc1. The van der Waals surface area contributed by atoms with Crippen LogP contribution in [0.2, 0.25) is 5.02 Å². The van der Waals surface area contributed by atoms with Crippen LogP contribution in [0.1, 0.15) is 36.0 Å². The van der Waals surface area contributed by atoms with E-state index in [4.69, 9.17) is 21.4 Å². The summed E-state index contributed by atoms with van der Waals surface area (Å²) in [6.07, 6.45) is -3.83. The molecule has 4 rings (SSSR count). The summed E-state index contributed by atoms with van der Waals surface area (Å²) in [4.78, 5) is 17.3. The van der Waals surface area contributed by atoms with Crippen LogP contribution in [-0.4, -0.2) is 73.3 Å². The molecule has 1 aliphatic rings. The largest absolute Gasteiger partial charge is 0.493 e. The van der Waals surface area contributed by atoms with Gasteiger partial charge in [-0.05, 0) is 41.7 Å². The van der Waals surface area contributed by atoms with E-state index in [0.717, 1.165) is 36.2 Å². The zero-order valence-electron chi connectivity index (χ0n) is 23.7. The Morgan fingerprint density at radius 3 is 2.43 bits per heavy atom. The molecule has 0 bridgehead atoms. The molecule has 0 spiro atoms. The van der Waals surface area contributed by atoms with Crippen LogP contribution in [0.3, 0.4) is 0 Å². The Morgan fingerprint density at radius 1 is 1.02 bits per heavy atom. The van der Waals surface area contributed by atoms with E-state index in [2.05, 4.69) is 28.9 Å². The first-order valence-corrected chi connectivity index (χ1v) is 14.5. The molecule has 42 heavy (non-hydrogen) atoms. The third kappa shape index (κ3) is 9.11. The predicted octanol–water partition coefficient (Wildman–Crippen LogP) is 6.64. The lowest BCUT2D eigenvalue weighted by Crippen LogP contribution is -2.47. The number of nitrogens with zero attached hydrogens (tertiary/aromatic N) is 3. The summed E-state index contributed by atoms with van der Waals surface area (Å²) < 4.78 is 46.5. The zero-order valence-corrected chi connectivity index (χ0v) is 24.4. The first-order chi connectivity index (χ1) is 20.1. The number of aliphatic carboxylic acids is 1. The quantitative estimate of drug-likeness (QED) is 0.221. The van der Waals surface area contributed by atoms with Crippen LogP contribution in [-0.2, 0) is 17.5 Å². The highest BCUT2D eigenvalue weighted by atomic mass is 35.5. The van der Waals surface area contributed by atoms with Gasteiger partial charge in [-0.2, -0.15) is 13.2 Å². The van der Waals surface area contributed by atoms with Crippen LogP contribution in [0.5, 0.6) is 5.75 Å². The number of halogens is 4. The topological polar surface area (TPSA) is 56.2 Å². The summed E-state index contributed by atoms with van der Waals surface area (Å²) in [5, 5.41) is 8.77. The number of carboxylic acid groups (broad SMARTS) is 1. The van der Waals surface area contributed by atoms with Crippen LogP contribution in [0.15, 0.2) is 72.8 Å². The second-order valence-electron chi connectivity index (χ2n) is 10.7. The zero-order chi connectivity index (χ0) is 30.1. The van der Waals surface area contributed by atoms with Crippen molar-refractivity contribution < 1.29 is 27.8 Å². The van der Waals surface area contributed by atoms with Crippen molar-refractivity contribution in [3.63, 3.8) is 0 Å². The Bertz CT molecular complexity index is 1300. The molecule has 1 heterocycles. The molecule has 1 N–H and O–H groups in total. The van der Waals surface area contributed by atoms with Crippen molar-refractivity contribution in [3.8, 4) is 5.75 Å². The molecule has 1 fully saturated rings. The predicted molar refractivity (Wildman–Crippen MR) is 159 cm³/mol. The van der Waals surface area contributed by atoms with Crippen molar-refractivity contribution >= 4 is 23.3 Å². The summed E-state index contributed by atoms with van der Waals surface area (Å²) >= 11 is 6.24. The molecule has 1 saturated heterocycles. The lowest BCUT2D eigenvalue weighted by atomic mass is 10.00. The molecule has 0 radical (unpaired) electrons. The first-order valence-electron chi connectivity index (χ1n) is 14.1. The average molecular weight is 604 g/mol. The van der Waals surface area contributed by atoms with Crippen molar-refractivity contribution in [3.05, 3.63) is 94.5 Å². The van der Waals surface area contributed by atoms with Gasteiger partial charge in [-0.15, -0.1) is 0 Å². The van der Waals surface area contributed by atoms with Crippen molar-refractivity contribution in [2.24, 2.45) is 0 Å². The Labute approximate surface area is 250 Å². The van der Waals surface area contributed by atoms with Crippen molar-refractivity contribution in [1.29, 1.82) is 0 Å². The Morgan fingerprint density at radius 2 is 1.74 bits per heavy atom. The molecular formula is C32H37ClF3N3O3. The minimum atomic E-state index is -4.51. The van der Waals surface area contributed by atoms with E-state index in [1.807, 2.05) is 47.4 Å². The van der Waals surface area contributed by atoms with Gasteiger partial charge >= 0.3 is 12.1 Å². The van der Waals surface area contributed by atoms with Gasteiger partial charge in [0.05, 0.1) is 23.7 Å². The summed E-state index contributed by atoms with van der Waals surface area (Å²) in [5.74, 6) is 0.0970. The lowest BCUT2D eigenvalue weighted by Gasteiger charge is -2.35. The van der Waals surface area contributed by atoms with Crippen LogP contribution in [0, 0.1) is 0 Å². The number of piperazine rings is 1. The number of hydrogen-bond donors (Lipinski definition) is 1. The van der Waals surface area contributed by atoms with Gasteiger partial charge in [-0.3, -0.25) is 14.6 Å². The molecule has 226 valence electrons.